The molecule has 0 atom stereocenters. The molecule has 0 unspecified atom stereocenters. The Kier molecular flexibility index (Phi) is 4.74. The summed E-state index contributed by atoms with van der Waals surface area (Å²) in [6.45, 7) is 3.49. The van der Waals surface area contributed by atoms with Crippen molar-refractivity contribution >= 4 is 5.91 Å². The fourth-order valence-electron chi connectivity index (χ4n) is 1.23. The first-order valence-corrected chi connectivity index (χ1v) is 4.51. The maximum atomic E-state index is 11.4. The molecule has 1 heterocycles. The number of nitrogens with zero attached hydrogens (tertiary/aromatic N) is 1. The van der Waals surface area contributed by atoms with Crippen molar-refractivity contribution in [2.75, 3.05) is 46.0 Å². The minimum atomic E-state index is -0.0329. The lowest BCUT2D eigenvalue weighted by Crippen LogP contribution is -2.47. The zero-order valence-electron chi connectivity index (χ0n) is 7.66. The number of hydrogen-bond acceptors (Lipinski definition) is 4. The molecule has 1 amide bonds. The van der Waals surface area contributed by atoms with E-state index in [-0.39, 0.29) is 25.7 Å². The zero-order chi connectivity index (χ0) is 9.52. The largest absolute Gasteiger partial charge is 0.394 e. The first-order valence-electron chi connectivity index (χ1n) is 4.51. The van der Waals surface area contributed by atoms with Crippen LogP contribution < -0.4 is 5.32 Å². The molecule has 0 aliphatic carbocycles. The van der Waals surface area contributed by atoms with Crippen LogP contribution in [0.3, 0.4) is 0 Å². The predicted molar refractivity (Wildman–Crippen MR) is 47.4 cm³/mol. The van der Waals surface area contributed by atoms with Gasteiger partial charge in [0.1, 0.15) is 6.61 Å². The monoisotopic (exact) mass is 188 g/mol. The summed E-state index contributed by atoms with van der Waals surface area (Å²) in [5.74, 6) is 0.00921. The molecule has 1 saturated heterocycles. The maximum absolute atomic E-state index is 11.4. The Morgan fingerprint density at radius 2 is 2.15 bits per heavy atom. The first-order chi connectivity index (χ1) is 6.34. The number of rotatable bonds is 4. The van der Waals surface area contributed by atoms with Gasteiger partial charge in [-0.05, 0) is 0 Å². The highest BCUT2D eigenvalue weighted by atomic mass is 16.5. The van der Waals surface area contributed by atoms with Crippen molar-refractivity contribution < 1.29 is 14.6 Å². The summed E-state index contributed by atoms with van der Waals surface area (Å²) in [4.78, 5) is 13.1. The van der Waals surface area contributed by atoms with Gasteiger partial charge in [0.15, 0.2) is 0 Å². The molecule has 0 aromatic carbocycles. The standard InChI is InChI=1S/C8H16N2O3/c11-5-6-13-7-8(12)10-3-1-9-2-4-10/h9,11H,1-7H2. The Morgan fingerprint density at radius 1 is 1.46 bits per heavy atom. The fraction of sp³-hybridized carbons (Fsp3) is 0.875. The topological polar surface area (TPSA) is 61.8 Å². The second-order valence-corrected chi connectivity index (χ2v) is 2.91. The summed E-state index contributed by atoms with van der Waals surface area (Å²) >= 11 is 0. The number of aliphatic hydroxyl groups excluding tert-OH is 1. The summed E-state index contributed by atoms with van der Waals surface area (Å²) < 4.78 is 4.94. The van der Waals surface area contributed by atoms with E-state index in [0.717, 1.165) is 26.2 Å². The van der Waals surface area contributed by atoms with E-state index in [0.29, 0.717) is 0 Å². The van der Waals surface area contributed by atoms with Crippen LogP contribution >= 0.6 is 0 Å². The molecule has 0 bridgehead atoms. The van der Waals surface area contributed by atoms with Gasteiger partial charge in [-0.2, -0.15) is 0 Å². The van der Waals surface area contributed by atoms with Gasteiger partial charge >= 0.3 is 0 Å². The second-order valence-electron chi connectivity index (χ2n) is 2.91. The van der Waals surface area contributed by atoms with Crippen LogP contribution in [-0.4, -0.2) is 61.9 Å². The number of hydrogen-bond donors (Lipinski definition) is 2. The van der Waals surface area contributed by atoms with Crippen molar-refractivity contribution in [3.05, 3.63) is 0 Å². The van der Waals surface area contributed by atoms with E-state index in [1.54, 1.807) is 4.90 Å². The Balaban J connectivity index is 2.13. The van der Waals surface area contributed by atoms with Crippen LogP contribution in [0.4, 0.5) is 0 Å². The second kappa shape index (κ2) is 5.90. The molecule has 76 valence electrons. The Morgan fingerprint density at radius 3 is 2.77 bits per heavy atom. The fourth-order valence-corrected chi connectivity index (χ4v) is 1.23. The van der Waals surface area contributed by atoms with Gasteiger partial charge in [0.2, 0.25) is 5.91 Å². The summed E-state index contributed by atoms with van der Waals surface area (Å²) in [7, 11) is 0. The van der Waals surface area contributed by atoms with Crippen LogP contribution in [0.1, 0.15) is 0 Å². The third-order valence-electron chi connectivity index (χ3n) is 1.93. The highest BCUT2D eigenvalue weighted by Gasteiger charge is 2.15. The van der Waals surface area contributed by atoms with Gasteiger partial charge in [-0.15, -0.1) is 0 Å². The Bertz CT molecular complexity index is 157. The summed E-state index contributed by atoms with van der Waals surface area (Å²) in [5, 5.41) is 11.6. The quantitative estimate of drug-likeness (QED) is 0.523. The number of aliphatic hydroxyl groups is 1. The number of piperazine rings is 1. The van der Waals surface area contributed by atoms with E-state index in [1.807, 2.05) is 0 Å². The normalized spacial score (nSPS) is 17.5. The average Bonchev–Trinajstić information content (AvgIpc) is 2.19. The molecule has 5 nitrogen and oxygen atoms in total. The number of amides is 1. The third kappa shape index (κ3) is 3.71. The van der Waals surface area contributed by atoms with Crippen molar-refractivity contribution in [3.63, 3.8) is 0 Å². The van der Waals surface area contributed by atoms with Gasteiger partial charge in [0.05, 0.1) is 13.2 Å². The van der Waals surface area contributed by atoms with Crippen molar-refractivity contribution in [1.82, 2.24) is 10.2 Å². The van der Waals surface area contributed by atoms with Gasteiger partial charge in [-0.3, -0.25) is 4.79 Å². The van der Waals surface area contributed by atoms with Gasteiger partial charge in [-0.1, -0.05) is 0 Å². The lowest BCUT2D eigenvalue weighted by Gasteiger charge is -2.27. The summed E-state index contributed by atoms with van der Waals surface area (Å²) in [6, 6.07) is 0. The van der Waals surface area contributed by atoms with Crippen LogP contribution in [0.15, 0.2) is 0 Å². The summed E-state index contributed by atoms with van der Waals surface area (Å²) in [5.41, 5.74) is 0. The Hall–Kier alpha value is -0.650. The van der Waals surface area contributed by atoms with Crippen LogP contribution in [-0.2, 0) is 9.53 Å². The molecule has 0 aromatic rings. The predicted octanol–water partition coefficient (Wildman–Crippen LogP) is -1.57. The molecule has 2 N–H and O–H groups in total. The van der Waals surface area contributed by atoms with E-state index in [9.17, 15) is 4.79 Å². The summed E-state index contributed by atoms with van der Waals surface area (Å²) in [6.07, 6.45) is 0. The molecule has 0 radical (unpaired) electrons. The average molecular weight is 188 g/mol. The molecule has 1 rings (SSSR count). The van der Waals surface area contributed by atoms with Gasteiger partial charge in [0.25, 0.3) is 0 Å². The van der Waals surface area contributed by atoms with E-state index in [1.165, 1.54) is 0 Å². The zero-order valence-corrected chi connectivity index (χ0v) is 7.66. The van der Waals surface area contributed by atoms with Gasteiger partial charge in [0, 0.05) is 26.2 Å². The molecule has 0 spiro atoms. The minimum absolute atomic E-state index is 0.00921. The molecular weight excluding hydrogens is 172 g/mol. The number of nitrogens with one attached hydrogen (secondary N) is 1. The molecule has 0 saturated carbocycles. The minimum Gasteiger partial charge on any atom is -0.394 e. The lowest BCUT2D eigenvalue weighted by molar-refractivity contribution is -0.137. The first kappa shape index (κ1) is 10.4. The maximum Gasteiger partial charge on any atom is 0.248 e. The third-order valence-corrected chi connectivity index (χ3v) is 1.93. The molecule has 13 heavy (non-hydrogen) atoms. The van der Waals surface area contributed by atoms with Crippen LogP contribution in [0.5, 0.6) is 0 Å². The van der Waals surface area contributed by atoms with Crippen LogP contribution in [0.25, 0.3) is 0 Å². The van der Waals surface area contributed by atoms with Crippen molar-refractivity contribution in [2.24, 2.45) is 0 Å². The number of ether oxygens (including phenoxy) is 1. The number of carbonyl (C=O) groups excluding carboxylic acids is 1. The molecule has 1 fully saturated rings. The van der Waals surface area contributed by atoms with E-state index < -0.39 is 0 Å². The van der Waals surface area contributed by atoms with Crippen LogP contribution in [0.2, 0.25) is 0 Å². The smallest absolute Gasteiger partial charge is 0.248 e. The highest BCUT2D eigenvalue weighted by Crippen LogP contribution is 1.93. The van der Waals surface area contributed by atoms with Crippen molar-refractivity contribution in [1.29, 1.82) is 0 Å². The van der Waals surface area contributed by atoms with Crippen LogP contribution in [0, 0.1) is 0 Å². The van der Waals surface area contributed by atoms with E-state index in [4.69, 9.17) is 9.84 Å². The van der Waals surface area contributed by atoms with E-state index >= 15 is 0 Å². The Labute approximate surface area is 77.7 Å². The van der Waals surface area contributed by atoms with Crippen molar-refractivity contribution in [3.8, 4) is 0 Å². The lowest BCUT2D eigenvalue weighted by atomic mass is 10.3. The molecule has 5 heteroatoms. The van der Waals surface area contributed by atoms with Crippen molar-refractivity contribution in [2.45, 2.75) is 0 Å². The SMILES string of the molecule is O=C(COCCO)N1CCNCC1. The van der Waals surface area contributed by atoms with Gasteiger partial charge < -0.3 is 20.1 Å². The van der Waals surface area contributed by atoms with E-state index in [2.05, 4.69) is 5.32 Å². The molecule has 1 aliphatic heterocycles. The molecule has 1 aliphatic rings. The number of carbonyl (C=O) groups is 1. The molecular formula is C8H16N2O3. The molecule has 0 aromatic heterocycles. The van der Waals surface area contributed by atoms with Gasteiger partial charge in [-0.25, -0.2) is 0 Å². The highest BCUT2D eigenvalue weighted by molar-refractivity contribution is 5.77.